The van der Waals surface area contributed by atoms with E-state index in [9.17, 15) is 4.79 Å². The predicted molar refractivity (Wildman–Crippen MR) is 111 cm³/mol. The van der Waals surface area contributed by atoms with Crippen molar-refractivity contribution in [1.82, 2.24) is 4.90 Å². The van der Waals surface area contributed by atoms with Crippen molar-refractivity contribution in [3.63, 3.8) is 0 Å². The summed E-state index contributed by atoms with van der Waals surface area (Å²) in [6, 6.07) is 3.87. The Morgan fingerprint density at radius 3 is 2.59 bits per heavy atom. The van der Waals surface area contributed by atoms with E-state index in [1.54, 1.807) is 14.2 Å². The van der Waals surface area contributed by atoms with Crippen LogP contribution in [0.5, 0.6) is 11.5 Å². The summed E-state index contributed by atoms with van der Waals surface area (Å²) < 4.78 is 17.0. The lowest BCUT2D eigenvalue weighted by atomic mass is 9.67. The Bertz CT molecular complexity index is 793. The number of hydrogen-bond donors (Lipinski definition) is 1. The highest BCUT2D eigenvalue weighted by Crippen LogP contribution is 2.47. The molecule has 1 aromatic rings. The zero-order valence-corrected chi connectivity index (χ0v) is 18.2. The molecule has 5 atom stereocenters. The van der Waals surface area contributed by atoms with Crippen LogP contribution in [0.25, 0.3) is 0 Å². The molecule has 2 saturated heterocycles. The number of ether oxygens (including phenoxy) is 3. The molecule has 2 N–H and O–H groups in total. The van der Waals surface area contributed by atoms with Crippen molar-refractivity contribution in [2.75, 3.05) is 27.3 Å². The van der Waals surface area contributed by atoms with Crippen LogP contribution in [0.4, 0.5) is 0 Å². The van der Waals surface area contributed by atoms with Crippen molar-refractivity contribution in [3.05, 3.63) is 23.3 Å². The van der Waals surface area contributed by atoms with Gasteiger partial charge in [-0.1, -0.05) is 20.8 Å². The van der Waals surface area contributed by atoms with Gasteiger partial charge < -0.3 is 19.9 Å². The second-order valence-corrected chi connectivity index (χ2v) is 9.65. The van der Waals surface area contributed by atoms with E-state index in [1.165, 1.54) is 11.1 Å². The second kappa shape index (κ2) is 7.47. The number of carbonyl (C=O) groups excluding carboxylic acids is 1. The molecule has 0 amide bonds. The highest BCUT2D eigenvalue weighted by molar-refractivity contribution is 5.76. The van der Waals surface area contributed by atoms with Crippen molar-refractivity contribution in [3.8, 4) is 11.5 Å². The Labute approximate surface area is 173 Å². The molecular weight excluding hydrogens is 368 g/mol. The van der Waals surface area contributed by atoms with E-state index < -0.39 is 6.04 Å². The number of fused-ring (bicyclic) bond motifs is 4. The highest BCUT2D eigenvalue weighted by Gasteiger charge is 2.47. The summed E-state index contributed by atoms with van der Waals surface area (Å²) in [5.41, 5.74) is 8.81. The summed E-state index contributed by atoms with van der Waals surface area (Å²) in [6.45, 7) is 8.51. The maximum atomic E-state index is 12.7. The predicted octanol–water partition coefficient (Wildman–Crippen LogP) is 2.93. The van der Waals surface area contributed by atoms with Crippen LogP contribution < -0.4 is 15.2 Å². The minimum atomic E-state index is -0.563. The third kappa shape index (κ3) is 3.50. The molecule has 4 rings (SSSR count). The number of esters is 1. The molecular formula is C23H34N2O4. The number of nitrogens with zero attached hydrogens (tertiary/aromatic N) is 1. The first-order valence-electron chi connectivity index (χ1n) is 10.7. The van der Waals surface area contributed by atoms with Crippen LogP contribution in [0.1, 0.15) is 50.8 Å². The molecule has 0 aromatic heterocycles. The van der Waals surface area contributed by atoms with Crippen molar-refractivity contribution in [1.29, 1.82) is 0 Å². The molecule has 6 heteroatoms. The van der Waals surface area contributed by atoms with E-state index >= 15 is 0 Å². The average Bonchev–Trinajstić information content (AvgIpc) is 2.70. The Balaban J connectivity index is 1.66. The van der Waals surface area contributed by atoms with Crippen LogP contribution in [-0.4, -0.2) is 50.3 Å². The summed E-state index contributed by atoms with van der Waals surface area (Å²) in [6.07, 6.45) is 2.71. The summed E-state index contributed by atoms with van der Waals surface area (Å²) >= 11 is 0. The van der Waals surface area contributed by atoms with Crippen LogP contribution >= 0.6 is 0 Å². The van der Waals surface area contributed by atoms with Gasteiger partial charge in [-0.25, -0.2) is 0 Å². The van der Waals surface area contributed by atoms with E-state index in [1.807, 2.05) is 0 Å². The average molecular weight is 403 g/mol. The van der Waals surface area contributed by atoms with Crippen LogP contribution in [0, 0.1) is 17.3 Å². The van der Waals surface area contributed by atoms with Gasteiger partial charge in [0, 0.05) is 31.5 Å². The summed E-state index contributed by atoms with van der Waals surface area (Å²) in [7, 11) is 3.34. The number of hydrogen-bond acceptors (Lipinski definition) is 6. The van der Waals surface area contributed by atoms with Crippen molar-refractivity contribution >= 4 is 5.97 Å². The smallest absolute Gasteiger partial charge is 0.323 e. The fourth-order valence-electron chi connectivity index (χ4n) is 5.53. The lowest BCUT2D eigenvalue weighted by Gasteiger charge is -2.50. The number of piperidine rings is 1. The Kier molecular flexibility index (Phi) is 5.28. The molecule has 3 aliphatic rings. The monoisotopic (exact) mass is 402 g/mol. The Morgan fingerprint density at radius 1 is 1.21 bits per heavy atom. The zero-order valence-electron chi connectivity index (χ0n) is 18.2. The van der Waals surface area contributed by atoms with Crippen LogP contribution in [-0.2, 0) is 16.0 Å². The molecule has 4 unspecified atom stereocenters. The van der Waals surface area contributed by atoms with Gasteiger partial charge in [-0.15, -0.1) is 0 Å². The fraction of sp³-hybridized carbons (Fsp3) is 0.696. The summed E-state index contributed by atoms with van der Waals surface area (Å²) in [4.78, 5) is 15.3. The molecule has 2 fully saturated rings. The van der Waals surface area contributed by atoms with Gasteiger partial charge in [0.2, 0.25) is 0 Å². The van der Waals surface area contributed by atoms with E-state index in [0.717, 1.165) is 43.9 Å². The Morgan fingerprint density at radius 2 is 1.90 bits per heavy atom. The molecule has 3 heterocycles. The standard InChI is InChI=1S/C23H34N2O4/c1-13-21(24)22(26)29-18-10-17-16-9-20(28-5)19(27-4)8-14(16)6-7-25(17)12-15(18)11-23(13,2)3/h8-9,13,15,17-18,21H,6-7,10-12,24H2,1-5H3/t13?,15?,17?,18?,21-/m0/s1. The maximum Gasteiger partial charge on any atom is 0.323 e. The number of nitrogens with two attached hydrogens (primary N) is 1. The van der Waals surface area contributed by atoms with Gasteiger partial charge in [-0.05, 0) is 47.4 Å². The van der Waals surface area contributed by atoms with E-state index in [-0.39, 0.29) is 29.4 Å². The number of carbonyl (C=O) groups is 1. The first kappa shape index (κ1) is 20.5. The third-order valence-corrected chi connectivity index (χ3v) is 7.66. The summed E-state index contributed by atoms with van der Waals surface area (Å²) in [5.74, 6) is 1.70. The number of rotatable bonds is 2. The van der Waals surface area contributed by atoms with E-state index in [2.05, 4.69) is 37.8 Å². The highest BCUT2D eigenvalue weighted by atomic mass is 16.5. The molecule has 1 aromatic carbocycles. The lowest BCUT2D eigenvalue weighted by molar-refractivity contribution is -0.167. The number of benzene rings is 1. The number of methoxy groups -OCH3 is 2. The van der Waals surface area contributed by atoms with Gasteiger partial charge in [0.15, 0.2) is 11.5 Å². The van der Waals surface area contributed by atoms with Crippen LogP contribution in [0.15, 0.2) is 12.1 Å². The second-order valence-electron chi connectivity index (χ2n) is 9.65. The van der Waals surface area contributed by atoms with Gasteiger partial charge in [0.25, 0.3) is 0 Å². The first-order chi connectivity index (χ1) is 13.7. The fourth-order valence-corrected chi connectivity index (χ4v) is 5.53. The molecule has 0 bridgehead atoms. The normalized spacial score (nSPS) is 34.0. The van der Waals surface area contributed by atoms with Gasteiger partial charge in [-0.2, -0.15) is 0 Å². The Hall–Kier alpha value is -1.79. The SMILES string of the molecule is COc1cc2c(cc1OC)C1CC3OC(=O)[C@@H](N)C(C)C(C)(C)CC3CN1CC2. The van der Waals surface area contributed by atoms with E-state index in [0.29, 0.717) is 5.92 Å². The van der Waals surface area contributed by atoms with E-state index in [4.69, 9.17) is 19.9 Å². The van der Waals surface area contributed by atoms with Gasteiger partial charge in [-0.3, -0.25) is 9.69 Å². The molecule has 0 saturated carbocycles. The minimum absolute atomic E-state index is 0.00110. The van der Waals surface area contributed by atoms with Gasteiger partial charge >= 0.3 is 5.97 Å². The zero-order chi connectivity index (χ0) is 20.9. The molecule has 3 aliphatic heterocycles. The largest absolute Gasteiger partial charge is 0.493 e. The summed E-state index contributed by atoms with van der Waals surface area (Å²) in [5, 5.41) is 0. The third-order valence-electron chi connectivity index (χ3n) is 7.66. The molecule has 29 heavy (non-hydrogen) atoms. The topological polar surface area (TPSA) is 74.0 Å². The van der Waals surface area contributed by atoms with Crippen LogP contribution in [0.2, 0.25) is 0 Å². The quantitative estimate of drug-likeness (QED) is 0.767. The molecule has 6 nitrogen and oxygen atoms in total. The van der Waals surface area contributed by atoms with Gasteiger partial charge in [0.1, 0.15) is 12.1 Å². The van der Waals surface area contributed by atoms with Crippen molar-refractivity contribution in [2.24, 2.45) is 23.0 Å². The molecule has 0 aliphatic carbocycles. The minimum Gasteiger partial charge on any atom is -0.493 e. The van der Waals surface area contributed by atoms with Gasteiger partial charge in [0.05, 0.1) is 14.2 Å². The lowest BCUT2D eigenvalue weighted by Crippen LogP contribution is -2.55. The van der Waals surface area contributed by atoms with Crippen molar-refractivity contribution in [2.45, 2.75) is 58.2 Å². The molecule has 0 radical (unpaired) electrons. The molecule has 160 valence electrons. The molecule has 0 spiro atoms. The van der Waals surface area contributed by atoms with Crippen LogP contribution in [0.3, 0.4) is 0 Å². The van der Waals surface area contributed by atoms with Crippen molar-refractivity contribution < 1.29 is 19.0 Å². The maximum absolute atomic E-state index is 12.7. The first-order valence-corrected chi connectivity index (χ1v) is 10.7.